The maximum absolute atomic E-state index is 12.0. The van der Waals surface area contributed by atoms with Crippen molar-refractivity contribution in [1.82, 2.24) is 10.6 Å². The molecule has 6 heteroatoms. The number of rotatable bonds is 1. The van der Waals surface area contributed by atoms with Crippen LogP contribution in [0, 0.1) is 11.5 Å². The Morgan fingerprint density at radius 1 is 1.55 bits per heavy atom. The molecular weight excluding hydrogens is 272 g/mol. The first kappa shape index (κ1) is 14.4. The third-order valence-corrected chi connectivity index (χ3v) is 3.98. The van der Waals surface area contributed by atoms with Crippen LogP contribution < -0.4 is 10.6 Å². The molecule has 1 aromatic rings. The lowest BCUT2D eigenvalue weighted by atomic mass is 9.78. The Balaban J connectivity index is 2.52. The zero-order valence-corrected chi connectivity index (χ0v) is 12.5. The number of nitrogens with one attached hydrogen (secondary N) is 2. The monoisotopic (exact) mass is 288 g/mol. The van der Waals surface area contributed by atoms with E-state index in [4.69, 9.17) is 5.26 Å². The molecular formula is C14H16N4OS. The minimum Gasteiger partial charge on any atom is -0.351 e. The summed E-state index contributed by atoms with van der Waals surface area (Å²) in [4.78, 5) is 16.4. The van der Waals surface area contributed by atoms with Crippen LogP contribution in [0.4, 0.5) is 5.69 Å². The van der Waals surface area contributed by atoms with E-state index in [9.17, 15) is 4.79 Å². The Morgan fingerprint density at radius 3 is 2.95 bits per heavy atom. The van der Waals surface area contributed by atoms with Crippen LogP contribution in [0.15, 0.2) is 23.2 Å². The SMILES string of the molecule is CSC(=Nc1cccc2c1CNC(=O)C2(C)C)NC#N. The van der Waals surface area contributed by atoms with E-state index in [1.165, 1.54) is 11.8 Å². The number of fused-ring (bicyclic) bond motifs is 1. The highest BCUT2D eigenvalue weighted by Crippen LogP contribution is 2.35. The lowest BCUT2D eigenvalue weighted by molar-refractivity contribution is -0.126. The van der Waals surface area contributed by atoms with Gasteiger partial charge in [-0.2, -0.15) is 5.26 Å². The predicted octanol–water partition coefficient (Wildman–Crippen LogP) is 2.02. The Kier molecular flexibility index (Phi) is 4.00. The minimum absolute atomic E-state index is 0.0198. The molecule has 0 spiro atoms. The van der Waals surface area contributed by atoms with E-state index in [1.807, 2.05) is 44.5 Å². The lowest BCUT2D eigenvalue weighted by Crippen LogP contribution is -2.44. The van der Waals surface area contributed by atoms with Gasteiger partial charge in [0.15, 0.2) is 11.4 Å². The quantitative estimate of drug-likeness (QED) is 0.359. The van der Waals surface area contributed by atoms with Gasteiger partial charge in [-0.3, -0.25) is 10.1 Å². The molecule has 20 heavy (non-hydrogen) atoms. The van der Waals surface area contributed by atoms with Crippen molar-refractivity contribution in [3.05, 3.63) is 29.3 Å². The summed E-state index contributed by atoms with van der Waals surface area (Å²) in [5.74, 6) is 0.0198. The average molecular weight is 288 g/mol. The molecule has 1 aromatic carbocycles. The van der Waals surface area contributed by atoms with Crippen LogP contribution in [-0.2, 0) is 16.8 Å². The maximum atomic E-state index is 12.0. The molecule has 0 saturated carbocycles. The van der Waals surface area contributed by atoms with E-state index in [-0.39, 0.29) is 5.91 Å². The van der Waals surface area contributed by atoms with Gasteiger partial charge in [-0.05, 0) is 31.7 Å². The molecule has 5 nitrogen and oxygen atoms in total. The highest BCUT2D eigenvalue weighted by molar-refractivity contribution is 8.13. The molecule has 0 aliphatic carbocycles. The minimum atomic E-state index is -0.568. The maximum Gasteiger partial charge on any atom is 0.230 e. The second kappa shape index (κ2) is 5.55. The second-order valence-electron chi connectivity index (χ2n) is 4.97. The Labute approximate surface area is 122 Å². The molecule has 0 unspecified atom stereocenters. The van der Waals surface area contributed by atoms with Gasteiger partial charge in [0.1, 0.15) is 0 Å². The van der Waals surface area contributed by atoms with Crippen LogP contribution in [0.5, 0.6) is 0 Å². The van der Waals surface area contributed by atoms with Gasteiger partial charge in [0.05, 0.1) is 11.1 Å². The zero-order valence-electron chi connectivity index (χ0n) is 11.7. The van der Waals surface area contributed by atoms with Crippen molar-refractivity contribution in [2.75, 3.05) is 6.26 Å². The number of nitrogens with zero attached hydrogens (tertiary/aromatic N) is 2. The fourth-order valence-corrected chi connectivity index (χ4v) is 2.58. The fraction of sp³-hybridized carbons (Fsp3) is 0.357. The van der Waals surface area contributed by atoms with Crippen LogP contribution in [-0.4, -0.2) is 17.3 Å². The van der Waals surface area contributed by atoms with Gasteiger partial charge in [-0.25, -0.2) is 4.99 Å². The van der Waals surface area contributed by atoms with Crippen molar-refractivity contribution < 1.29 is 4.79 Å². The van der Waals surface area contributed by atoms with E-state index < -0.39 is 5.41 Å². The molecule has 104 valence electrons. The summed E-state index contributed by atoms with van der Waals surface area (Å²) in [5, 5.41) is 14.7. The molecule has 1 heterocycles. The summed E-state index contributed by atoms with van der Waals surface area (Å²) in [6, 6.07) is 5.74. The number of thioether (sulfide) groups is 1. The highest BCUT2D eigenvalue weighted by Gasteiger charge is 2.36. The number of nitriles is 1. The van der Waals surface area contributed by atoms with Gasteiger partial charge >= 0.3 is 0 Å². The molecule has 1 amide bonds. The molecule has 0 atom stereocenters. The smallest absolute Gasteiger partial charge is 0.230 e. The van der Waals surface area contributed by atoms with Crippen molar-refractivity contribution >= 4 is 28.5 Å². The average Bonchev–Trinajstić information content (AvgIpc) is 2.43. The highest BCUT2D eigenvalue weighted by atomic mass is 32.2. The van der Waals surface area contributed by atoms with E-state index in [0.717, 1.165) is 16.8 Å². The third kappa shape index (κ3) is 2.49. The van der Waals surface area contributed by atoms with Crippen LogP contribution in [0.2, 0.25) is 0 Å². The van der Waals surface area contributed by atoms with Gasteiger partial charge in [0.2, 0.25) is 5.91 Å². The first-order chi connectivity index (χ1) is 9.50. The zero-order chi connectivity index (χ0) is 14.8. The van der Waals surface area contributed by atoms with E-state index >= 15 is 0 Å². The molecule has 2 rings (SSSR count). The summed E-state index contributed by atoms with van der Waals surface area (Å²) in [7, 11) is 0. The second-order valence-corrected chi connectivity index (χ2v) is 5.76. The Hall–Kier alpha value is -2.00. The fourth-order valence-electron chi connectivity index (χ4n) is 2.24. The van der Waals surface area contributed by atoms with Gasteiger partial charge < -0.3 is 5.32 Å². The normalized spacial score (nSPS) is 16.9. The summed E-state index contributed by atoms with van der Waals surface area (Å²) < 4.78 is 0. The summed E-state index contributed by atoms with van der Waals surface area (Å²) in [6.07, 6.45) is 3.72. The molecule has 0 aromatic heterocycles. The van der Waals surface area contributed by atoms with E-state index in [0.29, 0.717) is 11.7 Å². The largest absolute Gasteiger partial charge is 0.351 e. The number of carbonyl (C=O) groups excluding carboxylic acids is 1. The number of benzene rings is 1. The summed E-state index contributed by atoms with van der Waals surface area (Å²) in [6.45, 7) is 4.26. The van der Waals surface area contributed by atoms with Crippen molar-refractivity contribution in [3.8, 4) is 6.19 Å². The number of amidine groups is 1. The van der Waals surface area contributed by atoms with Crippen LogP contribution in [0.1, 0.15) is 25.0 Å². The third-order valence-electron chi connectivity index (χ3n) is 3.40. The number of amides is 1. The Morgan fingerprint density at radius 2 is 2.30 bits per heavy atom. The summed E-state index contributed by atoms with van der Waals surface area (Å²) >= 11 is 1.37. The molecule has 1 aliphatic rings. The van der Waals surface area contributed by atoms with Gasteiger partial charge in [0, 0.05) is 12.1 Å². The van der Waals surface area contributed by atoms with Crippen molar-refractivity contribution in [3.63, 3.8) is 0 Å². The van der Waals surface area contributed by atoms with E-state index in [2.05, 4.69) is 15.6 Å². The lowest BCUT2D eigenvalue weighted by Gasteiger charge is -2.32. The first-order valence-corrected chi connectivity index (χ1v) is 7.41. The molecule has 0 fully saturated rings. The first-order valence-electron chi connectivity index (χ1n) is 6.19. The van der Waals surface area contributed by atoms with Crippen LogP contribution >= 0.6 is 11.8 Å². The van der Waals surface area contributed by atoms with Crippen molar-refractivity contribution in [2.24, 2.45) is 4.99 Å². The van der Waals surface area contributed by atoms with Crippen molar-refractivity contribution in [2.45, 2.75) is 25.8 Å². The van der Waals surface area contributed by atoms with Gasteiger partial charge in [-0.1, -0.05) is 23.9 Å². The summed E-state index contributed by atoms with van der Waals surface area (Å²) in [5.41, 5.74) is 2.20. The van der Waals surface area contributed by atoms with Gasteiger partial charge in [-0.15, -0.1) is 0 Å². The van der Waals surface area contributed by atoms with Crippen LogP contribution in [0.3, 0.4) is 0 Å². The number of carbonyl (C=O) groups is 1. The van der Waals surface area contributed by atoms with Crippen LogP contribution in [0.25, 0.3) is 0 Å². The number of hydrogen-bond donors (Lipinski definition) is 2. The number of hydrogen-bond acceptors (Lipinski definition) is 4. The Bertz CT molecular complexity index is 616. The molecule has 0 saturated heterocycles. The molecule has 1 aliphatic heterocycles. The number of aliphatic imine (C=N–C) groups is 1. The molecule has 0 radical (unpaired) electrons. The van der Waals surface area contributed by atoms with Gasteiger partial charge in [0.25, 0.3) is 0 Å². The molecule has 0 bridgehead atoms. The topological polar surface area (TPSA) is 77.3 Å². The van der Waals surface area contributed by atoms with E-state index in [1.54, 1.807) is 0 Å². The van der Waals surface area contributed by atoms with Crippen molar-refractivity contribution in [1.29, 1.82) is 5.26 Å². The predicted molar refractivity (Wildman–Crippen MR) is 80.7 cm³/mol. The standard InChI is InChI=1S/C14H16N4OS/c1-14(2)10-5-4-6-11(9(10)7-16-12(14)19)18-13(20-3)17-8-15/h4-6H,7H2,1-3H3,(H,16,19)(H,17,18). The molecule has 2 N–H and O–H groups in total.